The van der Waals surface area contributed by atoms with Crippen molar-refractivity contribution < 1.29 is 18.3 Å². The number of likely N-dealkylation sites (tertiary alicyclic amines) is 1. The summed E-state index contributed by atoms with van der Waals surface area (Å²) in [6.07, 6.45) is 4.54. The highest BCUT2D eigenvalue weighted by atomic mass is 32.2. The van der Waals surface area contributed by atoms with Crippen molar-refractivity contribution in [3.8, 4) is 39.5 Å². The van der Waals surface area contributed by atoms with Crippen LogP contribution in [0.15, 0.2) is 76.6 Å². The number of nitrogens with one attached hydrogen (secondary N) is 3. The van der Waals surface area contributed by atoms with E-state index in [4.69, 9.17) is 14.9 Å². The van der Waals surface area contributed by atoms with Gasteiger partial charge in [0, 0.05) is 41.6 Å². The van der Waals surface area contributed by atoms with E-state index in [2.05, 4.69) is 66.2 Å². The highest BCUT2D eigenvalue weighted by Gasteiger charge is 2.35. The van der Waals surface area contributed by atoms with Crippen LogP contribution in [0.2, 0.25) is 0 Å². The lowest BCUT2D eigenvalue weighted by molar-refractivity contribution is -0.133. The summed E-state index contributed by atoms with van der Waals surface area (Å²) < 4.78 is 29.0. The van der Waals surface area contributed by atoms with Gasteiger partial charge in [-0.25, -0.2) is 14.4 Å². The monoisotopic (exact) mass is 720 g/mol. The molecule has 1 amide bonds. The maximum Gasteiger partial charge on any atom is 0.240 e. The summed E-state index contributed by atoms with van der Waals surface area (Å²) in [5.74, 6) is 3.09. The molecule has 11 nitrogen and oxygen atoms in total. The first-order valence-electron chi connectivity index (χ1n) is 17.9. The van der Waals surface area contributed by atoms with E-state index in [1.165, 1.54) is 0 Å². The molecule has 268 valence electrons. The largest absolute Gasteiger partial charge is 0.462 e. The number of amides is 1. The highest BCUT2D eigenvalue weighted by Crippen LogP contribution is 2.46. The fourth-order valence-corrected chi connectivity index (χ4v) is 8.76. The van der Waals surface area contributed by atoms with Gasteiger partial charge in [-0.2, -0.15) is 0 Å². The van der Waals surface area contributed by atoms with Crippen LogP contribution in [0, 0.1) is 12.8 Å². The molecule has 5 atom stereocenters. The molecule has 4 aromatic heterocycles. The SMILES string of the molecule is Cc1ccc(C2Oc3cc(-c4cnc(S[C@@H]5CCCN5C(=O)[C@@H](N)C(C)C)[nH]4)ccc3-c3cc4cc(-c5cnc([C@@H]6C[C@@H](F)CN6)[nH]5)ccc4n32)o1. The fourth-order valence-electron chi connectivity index (χ4n) is 7.59. The minimum absolute atomic E-state index is 0.00307. The molecule has 9 rings (SSSR count). The van der Waals surface area contributed by atoms with Crippen molar-refractivity contribution >= 4 is 28.6 Å². The first kappa shape index (κ1) is 33.0. The molecule has 0 saturated carbocycles. The third-order valence-electron chi connectivity index (χ3n) is 10.5. The van der Waals surface area contributed by atoms with Crippen LogP contribution in [-0.4, -0.2) is 66.0 Å². The van der Waals surface area contributed by atoms with Gasteiger partial charge in [-0.3, -0.25) is 9.36 Å². The number of aromatic amines is 2. The van der Waals surface area contributed by atoms with Gasteiger partial charge >= 0.3 is 0 Å². The van der Waals surface area contributed by atoms with Crippen molar-refractivity contribution in [3.63, 3.8) is 0 Å². The number of hydrogen-bond donors (Lipinski definition) is 4. The van der Waals surface area contributed by atoms with E-state index < -0.39 is 18.4 Å². The number of carbonyl (C=O) groups excluding carboxylic acids is 1. The number of hydrogen-bond acceptors (Lipinski definition) is 8. The van der Waals surface area contributed by atoms with Crippen LogP contribution >= 0.6 is 11.8 Å². The van der Waals surface area contributed by atoms with Gasteiger partial charge in [-0.1, -0.05) is 37.7 Å². The Balaban J connectivity index is 1.03. The van der Waals surface area contributed by atoms with Crippen molar-refractivity contribution in [1.82, 2.24) is 34.7 Å². The Labute approximate surface area is 304 Å². The number of rotatable bonds is 8. The molecular weight excluding hydrogens is 680 g/mol. The number of alkyl halides is 1. The van der Waals surface area contributed by atoms with Crippen molar-refractivity contribution in [2.45, 2.75) is 75.0 Å². The predicted octanol–water partition coefficient (Wildman–Crippen LogP) is 7.33. The minimum atomic E-state index is -0.855. The Kier molecular flexibility index (Phi) is 8.24. The zero-order valence-corrected chi connectivity index (χ0v) is 30.0. The van der Waals surface area contributed by atoms with Crippen LogP contribution in [0.3, 0.4) is 0 Å². The summed E-state index contributed by atoms with van der Waals surface area (Å²) in [7, 11) is 0. The van der Waals surface area contributed by atoms with Crippen molar-refractivity contribution in [3.05, 3.63) is 84.3 Å². The van der Waals surface area contributed by atoms with Crippen molar-refractivity contribution in [2.24, 2.45) is 11.7 Å². The highest BCUT2D eigenvalue weighted by molar-refractivity contribution is 7.99. The van der Waals surface area contributed by atoms with Gasteiger partial charge in [0.25, 0.3) is 0 Å². The molecule has 52 heavy (non-hydrogen) atoms. The fraction of sp³-hybridized carbons (Fsp3) is 0.359. The van der Waals surface area contributed by atoms with Crippen LogP contribution in [0.25, 0.3) is 44.7 Å². The molecule has 0 bridgehead atoms. The Hall–Kier alpha value is -4.85. The number of H-pyrrole nitrogens is 2. The van der Waals surface area contributed by atoms with Crippen LogP contribution in [0.1, 0.15) is 62.7 Å². The lowest BCUT2D eigenvalue weighted by atomic mass is 10.0. The second-order valence-electron chi connectivity index (χ2n) is 14.4. The molecule has 5 N–H and O–H groups in total. The van der Waals surface area contributed by atoms with Gasteiger partial charge < -0.3 is 35.1 Å². The summed E-state index contributed by atoms with van der Waals surface area (Å²) in [4.78, 5) is 31.1. The van der Waals surface area contributed by atoms with Crippen LogP contribution < -0.4 is 15.8 Å². The Morgan fingerprint density at radius 1 is 1.04 bits per heavy atom. The average molecular weight is 721 g/mol. The molecule has 13 heteroatoms. The smallest absolute Gasteiger partial charge is 0.240 e. The number of nitrogens with zero attached hydrogens (tertiary/aromatic N) is 4. The second kappa shape index (κ2) is 13.0. The Bertz CT molecular complexity index is 2290. The normalized spacial score (nSPS) is 21.8. The maximum atomic E-state index is 13.8. The molecule has 0 aliphatic carbocycles. The van der Waals surface area contributed by atoms with Crippen molar-refractivity contribution in [1.29, 1.82) is 0 Å². The molecule has 0 spiro atoms. The molecule has 1 unspecified atom stereocenters. The number of carbonyl (C=O) groups is 1. The van der Waals surface area contributed by atoms with E-state index in [-0.39, 0.29) is 23.2 Å². The van der Waals surface area contributed by atoms with Gasteiger partial charge in [0.1, 0.15) is 23.5 Å². The van der Waals surface area contributed by atoms with E-state index in [9.17, 15) is 9.18 Å². The van der Waals surface area contributed by atoms with Crippen LogP contribution in [0.4, 0.5) is 4.39 Å². The van der Waals surface area contributed by atoms with Gasteiger partial charge in [-0.05, 0) is 68.1 Å². The van der Waals surface area contributed by atoms with Gasteiger partial charge in [0.05, 0.1) is 52.4 Å². The summed E-state index contributed by atoms with van der Waals surface area (Å²) in [5, 5.41) is 5.00. The first-order chi connectivity index (χ1) is 25.2. The van der Waals surface area contributed by atoms with Crippen LogP contribution in [-0.2, 0) is 4.79 Å². The number of halogens is 1. The third-order valence-corrected chi connectivity index (χ3v) is 11.7. The average Bonchev–Trinajstić information content (AvgIpc) is 3.99. The number of imidazole rings is 2. The number of thioether (sulfide) groups is 1. The molecule has 3 aliphatic heterocycles. The molecule has 0 radical (unpaired) electrons. The number of aryl methyl sites for hydroxylation is 1. The summed E-state index contributed by atoms with van der Waals surface area (Å²) in [6, 6.07) is 18.0. The maximum absolute atomic E-state index is 13.8. The van der Waals surface area contributed by atoms with Crippen molar-refractivity contribution in [2.75, 3.05) is 13.1 Å². The van der Waals surface area contributed by atoms with E-state index >= 15 is 0 Å². The molecule has 7 heterocycles. The quantitative estimate of drug-likeness (QED) is 0.128. The molecule has 6 aromatic rings. The zero-order chi connectivity index (χ0) is 35.7. The number of fused-ring (bicyclic) bond motifs is 5. The van der Waals surface area contributed by atoms with Crippen LogP contribution in [0.5, 0.6) is 5.75 Å². The number of benzene rings is 2. The summed E-state index contributed by atoms with van der Waals surface area (Å²) >= 11 is 1.57. The predicted molar refractivity (Wildman–Crippen MR) is 198 cm³/mol. The Morgan fingerprint density at radius 3 is 2.63 bits per heavy atom. The number of aromatic nitrogens is 5. The molecular formula is C39H41FN8O3S. The first-order valence-corrected chi connectivity index (χ1v) is 18.8. The number of nitrogens with two attached hydrogens (primary N) is 1. The Morgan fingerprint density at radius 2 is 1.85 bits per heavy atom. The van der Waals surface area contributed by atoms with Gasteiger partial charge in [0.15, 0.2) is 10.9 Å². The standard InChI is InChI=1S/C39H41FN8O3S/c1-20(2)35(41)37(49)47-12-4-5-34(47)52-39-44-19-29(46-39)23-7-9-26-31-14-24-13-22(28-18-43-36(45-28)27-16-25(40)17-42-27)8-10-30(24)48(31)38(51-33(26)15-23)32-11-6-21(3)50-32/h6-11,13-15,18-20,25,27,34-35,38,42H,4-5,12,16-17,41H2,1-3H3,(H,43,45)(H,44,46)/t25-,27+,34-,35+,38?/m1/s1. The van der Waals surface area contributed by atoms with Gasteiger partial charge in [0.2, 0.25) is 12.1 Å². The zero-order valence-electron chi connectivity index (χ0n) is 29.2. The number of ether oxygens (including phenoxy) is 1. The molecule has 3 aliphatic rings. The van der Waals surface area contributed by atoms with E-state index in [0.717, 1.165) is 80.0 Å². The second-order valence-corrected chi connectivity index (χ2v) is 15.6. The molecule has 2 aromatic carbocycles. The summed E-state index contributed by atoms with van der Waals surface area (Å²) in [5.41, 5.74) is 12.9. The van der Waals surface area contributed by atoms with Gasteiger partial charge in [-0.15, -0.1) is 0 Å². The van der Waals surface area contributed by atoms with E-state index in [1.54, 1.807) is 11.8 Å². The topological polar surface area (TPSA) is 143 Å². The van der Waals surface area contributed by atoms with E-state index in [0.29, 0.717) is 25.3 Å². The third kappa shape index (κ3) is 5.80. The molecule has 2 saturated heterocycles. The number of furan rings is 1. The molecule has 2 fully saturated rings. The lowest BCUT2D eigenvalue weighted by Crippen LogP contribution is -2.47. The van der Waals surface area contributed by atoms with E-state index in [1.807, 2.05) is 56.3 Å². The lowest BCUT2D eigenvalue weighted by Gasteiger charge is -2.29. The summed E-state index contributed by atoms with van der Waals surface area (Å²) in [6.45, 7) is 6.95. The minimum Gasteiger partial charge on any atom is -0.462 e.